The summed E-state index contributed by atoms with van der Waals surface area (Å²) in [5, 5.41) is 0. The summed E-state index contributed by atoms with van der Waals surface area (Å²) in [6.07, 6.45) is 14.5. The summed E-state index contributed by atoms with van der Waals surface area (Å²) in [6, 6.07) is 0. The molecule has 1 unspecified atom stereocenters. The van der Waals surface area contributed by atoms with Crippen molar-refractivity contribution in [3.63, 3.8) is 0 Å². The van der Waals surface area contributed by atoms with Crippen LogP contribution in [0.5, 0.6) is 0 Å². The van der Waals surface area contributed by atoms with Crippen molar-refractivity contribution in [2.45, 2.75) is 59.5 Å². The fourth-order valence-electron chi connectivity index (χ4n) is 2.71. The second kappa shape index (κ2) is 8.06. The average Bonchev–Trinajstić information content (AvgIpc) is 2.45. The van der Waals surface area contributed by atoms with E-state index in [0.29, 0.717) is 6.42 Å². The summed E-state index contributed by atoms with van der Waals surface area (Å²) in [6.45, 7) is 13.7. The first kappa shape index (κ1) is 19.8. The number of terminal acetylenes is 1. The molecular formula is C21H28O3. The summed E-state index contributed by atoms with van der Waals surface area (Å²) in [5.74, 6) is 2.56. The molecule has 0 N–H and O–H groups in total. The van der Waals surface area contributed by atoms with Crippen molar-refractivity contribution in [1.82, 2.24) is 0 Å². The molecule has 1 aliphatic rings. The van der Waals surface area contributed by atoms with E-state index in [0.717, 1.165) is 18.4 Å². The Kier molecular flexibility index (Phi) is 6.66. The van der Waals surface area contributed by atoms with E-state index in [1.54, 1.807) is 19.9 Å². The Morgan fingerprint density at radius 1 is 1.54 bits per heavy atom. The largest absolute Gasteiger partial charge is 0.514 e. The van der Waals surface area contributed by atoms with Crippen LogP contribution in [0.4, 0.5) is 4.79 Å². The highest BCUT2D eigenvalue weighted by Crippen LogP contribution is 2.41. The average molecular weight is 328 g/mol. The van der Waals surface area contributed by atoms with Crippen LogP contribution in [0.25, 0.3) is 0 Å². The normalized spacial score (nSPS) is 20.8. The standard InChI is InChI=1S/C21H28O3/c1-8-21(7,24-19(22)23-15-12-16(2)3)14-11-18-17(4)10-9-13-20(18,5)6/h1,10-12,15H,2,9,13-14H2,3-7H3/b15-12+,18-11-. The van der Waals surface area contributed by atoms with Crippen molar-refractivity contribution in [3.05, 3.63) is 47.8 Å². The van der Waals surface area contributed by atoms with Gasteiger partial charge in [-0.2, -0.15) is 0 Å². The quantitative estimate of drug-likeness (QED) is 0.281. The topological polar surface area (TPSA) is 35.5 Å². The maximum absolute atomic E-state index is 11.8. The Bertz CT molecular complexity index is 626. The fraction of sp³-hybridized carbons (Fsp3) is 0.476. The van der Waals surface area contributed by atoms with Crippen LogP contribution in [0.3, 0.4) is 0 Å². The molecule has 1 rings (SSSR count). The number of hydrogen-bond donors (Lipinski definition) is 0. The van der Waals surface area contributed by atoms with Crippen molar-refractivity contribution in [2.75, 3.05) is 0 Å². The van der Waals surface area contributed by atoms with Crippen LogP contribution in [0.15, 0.2) is 47.8 Å². The lowest BCUT2D eigenvalue weighted by molar-refractivity contribution is 0.0231. The van der Waals surface area contributed by atoms with Gasteiger partial charge in [-0.1, -0.05) is 49.6 Å². The predicted molar refractivity (Wildman–Crippen MR) is 98.2 cm³/mol. The number of carbonyl (C=O) groups is 1. The molecule has 0 heterocycles. The molecule has 0 spiro atoms. The van der Waals surface area contributed by atoms with Gasteiger partial charge in [0.05, 0.1) is 6.26 Å². The van der Waals surface area contributed by atoms with Crippen LogP contribution in [-0.2, 0) is 9.47 Å². The molecule has 0 fully saturated rings. The molecule has 3 heteroatoms. The highest BCUT2D eigenvalue weighted by Gasteiger charge is 2.30. The monoisotopic (exact) mass is 328 g/mol. The fourth-order valence-corrected chi connectivity index (χ4v) is 2.71. The van der Waals surface area contributed by atoms with Crippen molar-refractivity contribution >= 4 is 6.16 Å². The van der Waals surface area contributed by atoms with E-state index in [-0.39, 0.29) is 5.41 Å². The molecule has 0 aromatic heterocycles. The lowest BCUT2D eigenvalue weighted by atomic mass is 9.72. The van der Waals surface area contributed by atoms with E-state index in [2.05, 4.69) is 45.4 Å². The Hall–Kier alpha value is -2.21. The lowest BCUT2D eigenvalue weighted by Crippen LogP contribution is -2.30. The van der Waals surface area contributed by atoms with Crippen molar-refractivity contribution < 1.29 is 14.3 Å². The maximum Gasteiger partial charge on any atom is 0.514 e. The van der Waals surface area contributed by atoms with E-state index >= 15 is 0 Å². The second-order valence-electron chi connectivity index (χ2n) is 7.13. The summed E-state index contributed by atoms with van der Waals surface area (Å²) in [5.41, 5.74) is 2.34. The molecule has 24 heavy (non-hydrogen) atoms. The lowest BCUT2D eigenvalue weighted by Gasteiger charge is -2.33. The van der Waals surface area contributed by atoms with Gasteiger partial charge in [-0.05, 0) is 50.7 Å². The Morgan fingerprint density at radius 3 is 2.75 bits per heavy atom. The molecule has 0 aliphatic heterocycles. The summed E-state index contributed by atoms with van der Waals surface area (Å²) < 4.78 is 10.2. The van der Waals surface area contributed by atoms with Gasteiger partial charge in [0.25, 0.3) is 0 Å². The Balaban J connectivity index is 2.81. The molecule has 0 aromatic rings. The Labute approximate surface area is 146 Å². The Morgan fingerprint density at radius 2 is 2.21 bits per heavy atom. The third-order valence-corrected chi connectivity index (χ3v) is 4.20. The first-order chi connectivity index (χ1) is 11.1. The molecule has 3 nitrogen and oxygen atoms in total. The zero-order valence-corrected chi connectivity index (χ0v) is 15.4. The molecule has 0 saturated heterocycles. The van der Waals surface area contributed by atoms with Gasteiger partial charge < -0.3 is 9.47 Å². The van der Waals surface area contributed by atoms with E-state index in [9.17, 15) is 4.79 Å². The van der Waals surface area contributed by atoms with Gasteiger partial charge in [-0.25, -0.2) is 4.79 Å². The number of hydrogen-bond acceptors (Lipinski definition) is 3. The molecule has 0 bridgehead atoms. The van der Waals surface area contributed by atoms with Crippen LogP contribution >= 0.6 is 0 Å². The minimum Gasteiger partial charge on any atom is -0.414 e. The molecule has 1 aliphatic carbocycles. The van der Waals surface area contributed by atoms with Crippen LogP contribution in [0.1, 0.15) is 53.9 Å². The van der Waals surface area contributed by atoms with E-state index in [1.165, 1.54) is 17.4 Å². The summed E-state index contributed by atoms with van der Waals surface area (Å²) in [7, 11) is 0. The third kappa shape index (κ3) is 5.77. The molecule has 0 saturated carbocycles. The van der Waals surface area contributed by atoms with Crippen LogP contribution < -0.4 is 0 Å². The molecule has 0 aromatic carbocycles. The zero-order valence-electron chi connectivity index (χ0n) is 15.4. The van der Waals surface area contributed by atoms with Gasteiger partial charge in [0, 0.05) is 6.42 Å². The number of allylic oxidation sites excluding steroid dienone is 5. The molecule has 1 atom stereocenters. The number of rotatable bonds is 5. The SMILES string of the molecule is C#CC(C)(C/C=C1/C(C)=CCCC1(C)C)OC(=O)O/C=C/C(=C)C. The molecular weight excluding hydrogens is 300 g/mol. The van der Waals surface area contributed by atoms with E-state index in [1.807, 2.05) is 0 Å². The van der Waals surface area contributed by atoms with Gasteiger partial charge >= 0.3 is 6.16 Å². The first-order valence-corrected chi connectivity index (χ1v) is 8.17. The smallest absolute Gasteiger partial charge is 0.414 e. The van der Waals surface area contributed by atoms with Crippen molar-refractivity contribution in [2.24, 2.45) is 5.41 Å². The maximum atomic E-state index is 11.8. The second-order valence-corrected chi connectivity index (χ2v) is 7.13. The van der Waals surface area contributed by atoms with Gasteiger partial charge in [-0.15, -0.1) is 6.42 Å². The van der Waals surface area contributed by atoms with Gasteiger partial charge in [0.2, 0.25) is 0 Å². The van der Waals surface area contributed by atoms with Crippen LogP contribution in [0, 0.1) is 17.8 Å². The van der Waals surface area contributed by atoms with Crippen LogP contribution in [0.2, 0.25) is 0 Å². The van der Waals surface area contributed by atoms with Gasteiger partial charge in [-0.3, -0.25) is 0 Å². The molecule has 0 radical (unpaired) electrons. The van der Waals surface area contributed by atoms with Crippen LogP contribution in [-0.4, -0.2) is 11.8 Å². The highest BCUT2D eigenvalue weighted by atomic mass is 16.7. The molecule has 130 valence electrons. The first-order valence-electron chi connectivity index (χ1n) is 8.17. The molecule has 0 amide bonds. The zero-order chi connectivity index (χ0) is 18.4. The van der Waals surface area contributed by atoms with Gasteiger partial charge in [0.1, 0.15) is 0 Å². The van der Waals surface area contributed by atoms with Crippen molar-refractivity contribution in [3.8, 4) is 12.3 Å². The van der Waals surface area contributed by atoms with Gasteiger partial charge in [0.15, 0.2) is 5.60 Å². The summed E-state index contributed by atoms with van der Waals surface area (Å²) >= 11 is 0. The number of carbonyl (C=O) groups excluding carboxylic acids is 1. The van der Waals surface area contributed by atoms with Crippen molar-refractivity contribution in [1.29, 1.82) is 0 Å². The number of ether oxygens (including phenoxy) is 2. The predicted octanol–water partition coefficient (Wildman–Crippen LogP) is 5.70. The minimum atomic E-state index is -1.05. The van der Waals surface area contributed by atoms with E-state index in [4.69, 9.17) is 15.9 Å². The highest BCUT2D eigenvalue weighted by molar-refractivity contribution is 5.62. The third-order valence-electron chi connectivity index (χ3n) is 4.20. The summed E-state index contributed by atoms with van der Waals surface area (Å²) in [4.78, 5) is 11.8. The van der Waals surface area contributed by atoms with E-state index < -0.39 is 11.8 Å². The minimum absolute atomic E-state index is 0.0963.